The minimum atomic E-state index is -3.67. The molecule has 9 nitrogen and oxygen atoms in total. The van der Waals surface area contributed by atoms with Crippen LogP contribution in [0.3, 0.4) is 0 Å². The Labute approximate surface area is 265 Å². The van der Waals surface area contributed by atoms with Crippen LogP contribution >= 0.6 is 11.6 Å². The van der Waals surface area contributed by atoms with Crippen LogP contribution in [-0.4, -0.2) is 63.2 Å². The Hall–Kier alpha value is -3.76. The van der Waals surface area contributed by atoms with Crippen molar-refractivity contribution in [1.29, 1.82) is 0 Å². The van der Waals surface area contributed by atoms with Crippen molar-refractivity contribution in [2.24, 2.45) is 0 Å². The van der Waals surface area contributed by atoms with Crippen molar-refractivity contribution in [3.8, 4) is 11.5 Å². The molecule has 4 rings (SSSR count). The molecule has 0 saturated heterocycles. The number of ether oxygens (including phenoxy) is 2. The van der Waals surface area contributed by atoms with Crippen molar-refractivity contribution in [2.75, 3.05) is 30.3 Å². The van der Waals surface area contributed by atoms with Crippen LogP contribution in [0.25, 0.3) is 0 Å². The number of nitrogens with zero attached hydrogens (tertiary/aromatic N) is 2. The lowest BCUT2D eigenvalue weighted by atomic mass is 10.0. The van der Waals surface area contributed by atoms with Crippen molar-refractivity contribution < 1.29 is 27.5 Å². The normalized spacial score (nSPS) is 13.9. The van der Waals surface area contributed by atoms with Crippen molar-refractivity contribution in [3.05, 3.63) is 88.9 Å². The van der Waals surface area contributed by atoms with E-state index >= 15 is 0 Å². The predicted molar refractivity (Wildman–Crippen MR) is 173 cm³/mol. The second-order valence-electron chi connectivity index (χ2n) is 10.9. The highest BCUT2D eigenvalue weighted by Crippen LogP contribution is 2.35. The SMILES string of the molecule is CC[C@@H](C)NC(=O)[C@@H](Cc1ccccc1)N(Cc1ccc(Cl)cc1)C(=O)CCCN(c1ccc2c(c1)OCCO2)S(C)(=O)=O. The summed E-state index contributed by atoms with van der Waals surface area (Å²) in [4.78, 5) is 29.3. The zero-order chi connectivity index (χ0) is 31.7. The van der Waals surface area contributed by atoms with Crippen LogP contribution in [0.1, 0.15) is 44.2 Å². The van der Waals surface area contributed by atoms with Gasteiger partial charge >= 0.3 is 0 Å². The average Bonchev–Trinajstić information content (AvgIpc) is 3.01. The van der Waals surface area contributed by atoms with Gasteiger partial charge in [-0.05, 0) is 55.2 Å². The second kappa shape index (κ2) is 15.3. The molecular formula is C33H40ClN3O6S. The van der Waals surface area contributed by atoms with Crippen LogP contribution in [0.2, 0.25) is 5.02 Å². The number of anilines is 1. The first-order valence-corrected chi connectivity index (χ1v) is 17.0. The summed E-state index contributed by atoms with van der Waals surface area (Å²) >= 11 is 6.12. The molecule has 236 valence electrons. The number of hydrogen-bond donors (Lipinski definition) is 1. The van der Waals surface area contributed by atoms with E-state index in [-0.39, 0.29) is 43.8 Å². The van der Waals surface area contributed by atoms with Crippen LogP contribution < -0.4 is 19.1 Å². The van der Waals surface area contributed by atoms with E-state index < -0.39 is 16.1 Å². The largest absolute Gasteiger partial charge is 0.486 e. The van der Waals surface area contributed by atoms with E-state index in [1.54, 1.807) is 35.2 Å². The zero-order valence-electron chi connectivity index (χ0n) is 25.4. The summed E-state index contributed by atoms with van der Waals surface area (Å²) in [7, 11) is -3.67. The highest BCUT2D eigenvalue weighted by Gasteiger charge is 2.31. The van der Waals surface area contributed by atoms with Crippen LogP contribution in [0.5, 0.6) is 11.5 Å². The summed E-state index contributed by atoms with van der Waals surface area (Å²) in [5, 5.41) is 3.63. The smallest absolute Gasteiger partial charge is 0.243 e. The van der Waals surface area contributed by atoms with E-state index in [0.29, 0.717) is 41.8 Å². The lowest BCUT2D eigenvalue weighted by Gasteiger charge is -2.33. The number of rotatable bonds is 14. The van der Waals surface area contributed by atoms with Crippen molar-refractivity contribution in [1.82, 2.24) is 10.2 Å². The molecule has 2 atom stereocenters. The summed E-state index contributed by atoms with van der Waals surface area (Å²) in [6.45, 7) is 4.99. The van der Waals surface area contributed by atoms with E-state index in [0.717, 1.165) is 23.8 Å². The second-order valence-corrected chi connectivity index (χ2v) is 13.3. The number of nitrogens with one attached hydrogen (secondary N) is 1. The molecule has 0 saturated carbocycles. The first-order valence-electron chi connectivity index (χ1n) is 14.8. The van der Waals surface area contributed by atoms with E-state index in [2.05, 4.69) is 5.32 Å². The molecule has 0 radical (unpaired) electrons. The molecule has 1 aliphatic heterocycles. The molecule has 44 heavy (non-hydrogen) atoms. The number of halogens is 1. The van der Waals surface area contributed by atoms with Gasteiger partial charge in [0.05, 0.1) is 11.9 Å². The molecule has 0 spiro atoms. The number of carbonyl (C=O) groups excluding carboxylic acids is 2. The Bertz CT molecular complexity index is 1520. The Kier molecular flexibility index (Phi) is 11.5. The van der Waals surface area contributed by atoms with Gasteiger partial charge in [0.15, 0.2) is 11.5 Å². The fourth-order valence-corrected chi connectivity index (χ4v) is 6.06. The first-order chi connectivity index (χ1) is 21.0. The minimum Gasteiger partial charge on any atom is -0.486 e. The Balaban J connectivity index is 1.58. The average molecular weight is 642 g/mol. The van der Waals surface area contributed by atoms with Crippen molar-refractivity contribution in [2.45, 2.75) is 58.2 Å². The zero-order valence-corrected chi connectivity index (χ0v) is 26.9. The van der Waals surface area contributed by atoms with E-state index in [1.165, 1.54) is 4.31 Å². The molecule has 11 heteroatoms. The summed E-state index contributed by atoms with van der Waals surface area (Å²) in [6.07, 6.45) is 2.48. The summed E-state index contributed by atoms with van der Waals surface area (Å²) in [5.41, 5.74) is 2.18. The predicted octanol–water partition coefficient (Wildman–Crippen LogP) is 5.21. The van der Waals surface area contributed by atoms with Crippen molar-refractivity contribution in [3.63, 3.8) is 0 Å². The van der Waals surface area contributed by atoms with E-state index in [4.69, 9.17) is 21.1 Å². The highest BCUT2D eigenvalue weighted by molar-refractivity contribution is 7.92. The van der Waals surface area contributed by atoms with Crippen LogP contribution in [0.15, 0.2) is 72.8 Å². The lowest BCUT2D eigenvalue weighted by Crippen LogP contribution is -2.52. The number of amides is 2. The maximum Gasteiger partial charge on any atom is 0.243 e. The summed E-state index contributed by atoms with van der Waals surface area (Å²) < 4.78 is 38.1. The van der Waals surface area contributed by atoms with Gasteiger partial charge in [-0.1, -0.05) is 61.0 Å². The monoisotopic (exact) mass is 641 g/mol. The molecule has 0 unspecified atom stereocenters. The minimum absolute atomic E-state index is 0.0338. The van der Waals surface area contributed by atoms with Crippen molar-refractivity contribution >= 4 is 39.1 Å². The van der Waals surface area contributed by atoms with Gasteiger partial charge in [-0.2, -0.15) is 0 Å². The summed E-state index contributed by atoms with van der Waals surface area (Å²) in [5.74, 6) is 0.542. The Morgan fingerprint density at radius 2 is 1.64 bits per heavy atom. The molecule has 0 aliphatic carbocycles. The first kappa shape index (κ1) is 33.1. The fourth-order valence-electron chi connectivity index (χ4n) is 4.97. The van der Waals surface area contributed by atoms with Crippen LogP contribution in [0.4, 0.5) is 5.69 Å². The molecule has 3 aromatic carbocycles. The molecule has 0 aromatic heterocycles. The Morgan fingerprint density at radius 3 is 2.30 bits per heavy atom. The molecule has 3 aromatic rings. The van der Waals surface area contributed by atoms with Gasteiger partial charge in [-0.25, -0.2) is 8.42 Å². The number of benzene rings is 3. The number of fused-ring (bicyclic) bond motifs is 1. The van der Waals surface area contributed by atoms with Gasteiger partial charge in [0, 0.05) is 43.1 Å². The van der Waals surface area contributed by atoms with Gasteiger partial charge < -0.3 is 19.7 Å². The van der Waals surface area contributed by atoms with E-state index in [1.807, 2.05) is 56.3 Å². The summed E-state index contributed by atoms with van der Waals surface area (Å²) in [6, 6.07) is 20.9. The third-order valence-electron chi connectivity index (χ3n) is 7.50. The lowest BCUT2D eigenvalue weighted by molar-refractivity contribution is -0.141. The molecule has 0 bridgehead atoms. The molecular weight excluding hydrogens is 602 g/mol. The standard InChI is InChI=1S/C33H40ClN3O6S/c1-4-24(2)35-33(39)29(21-25-9-6-5-7-10-25)36(23-26-12-14-27(34)15-13-26)32(38)11-8-18-37(44(3,40)41)28-16-17-30-31(22-28)43-20-19-42-30/h5-7,9-10,12-17,22,24,29H,4,8,11,18-21,23H2,1-3H3,(H,35,39)/t24-,29-/m1/s1. The Morgan fingerprint density at radius 1 is 0.955 bits per heavy atom. The van der Waals surface area contributed by atoms with Crippen LogP contribution in [0, 0.1) is 0 Å². The molecule has 2 amide bonds. The third kappa shape index (κ3) is 9.12. The van der Waals surface area contributed by atoms with Crippen LogP contribution in [-0.2, 0) is 32.6 Å². The van der Waals surface area contributed by atoms with Gasteiger partial charge in [0.2, 0.25) is 21.8 Å². The molecule has 1 aliphatic rings. The van der Waals surface area contributed by atoms with E-state index in [9.17, 15) is 18.0 Å². The molecule has 1 N–H and O–H groups in total. The van der Waals surface area contributed by atoms with Gasteiger partial charge in [-0.15, -0.1) is 0 Å². The topological polar surface area (TPSA) is 105 Å². The number of hydrogen-bond acceptors (Lipinski definition) is 6. The maximum atomic E-state index is 14.0. The van der Waals surface area contributed by atoms with Gasteiger partial charge in [0.1, 0.15) is 19.3 Å². The number of sulfonamides is 1. The van der Waals surface area contributed by atoms with Gasteiger partial charge in [0.25, 0.3) is 0 Å². The maximum absolute atomic E-state index is 14.0. The van der Waals surface area contributed by atoms with Gasteiger partial charge in [-0.3, -0.25) is 13.9 Å². The quantitative estimate of drug-likeness (QED) is 0.259. The third-order valence-corrected chi connectivity index (χ3v) is 8.95. The molecule has 1 heterocycles. The molecule has 0 fully saturated rings. The number of carbonyl (C=O) groups is 2. The highest BCUT2D eigenvalue weighted by atomic mass is 35.5. The fraction of sp³-hybridized carbons (Fsp3) is 0.394.